The molecule has 0 aromatic rings. The Kier molecular flexibility index (Phi) is 4.62. The van der Waals surface area contributed by atoms with Gasteiger partial charge in [-0.05, 0) is 38.6 Å². The van der Waals surface area contributed by atoms with Crippen LogP contribution in [0.25, 0.3) is 0 Å². The maximum atomic E-state index is 6.21. The molecule has 3 atom stereocenters. The largest absolute Gasteiger partial charge is 0.381 e. The third-order valence-electron chi connectivity index (χ3n) is 4.15. The molecule has 94 valence electrons. The molecule has 1 heterocycles. The van der Waals surface area contributed by atoms with Crippen molar-refractivity contribution in [2.24, 2.45) is 11.7 Å². The molecule has 0 spiro atoms. The van der Waals surface area contributed by atoms with E-state index in [1.807, 2.05) is 0 Å². The highest BCUT2D eigenvalue weighted by atomic mass is 16.5. The Morgan fingerprint density at radius 1 is 1.19 bits per heavy atom. The zero-order valence-electron chi connectivity index (χ0n) is 10.5. The molecule has 0 aromatic carbocycles. The van der Waals surface area contributed by atoms with Crippen molar-refractivity contribution >= 4 is 0 Å². The van der Waals surface area contributed by atoms with E-state index in [2.05, 4.69) is 11.9 Å². The Morgan fingerprint density at radius 2 is 2.00 bits per heavy atom. The maximum absolute atomic E-state index is 6.21. The van der Waals surface area contributed by atoms with Crippen molar-refractivity contribution in [2.75, 3.05) is 26.8 Å². The summed E-state index contributed by atoms with van der Waals surface area (Å²) in [4.78, 5) is 2.49. The second-order valence-electron chi connectivity index (χ2n) is 5.54. The summed E-state index contributed by atoms with van der Waals surface area (Å²) in [6.07, 6.45) is 7.71. The standard InChI is InChI=1S/C13H26N2O/c1-15(9-11-5-4-8-16-10-11)13-7-3-2-6-12(13)14/h11-13H,2-10,14H2,1H3. The highest BCUT2D eigenvalue weighted by molar-refractivity contribution is 4.85. The zero-order valence-corrected chi connectivity index (χ0v) is 10.5. The summed E-state index contributed by atoms with van der Waals surface area (Å²) in [5, 5.41) is 0. The first-order chi connectivity index (χ1) is 7.77. The van der Waals surface area contributed by atoms with Gasteiger partial charge >= 0.3 is 0 Å². The normalized spacial score (nSPS) is 36.6. The fourth-order valence-corrected chi connectivity index (χ4v) is 3.18. The van der Waals surface area contributed by atoms with E-state index in [-0.39, 0.29) is 0 Å². The summed E-state index contributed by atoms with van der Waals surface area (Å²) in [7, 11) is 2.24. The van der Waals surface area contributed by atoms with Gasteiger partial charge in [0.1, 0.15) is 0 Å². The molecule has 2 rings (SSSR count). The third kappa shape index (κ3) is 3.19. The number of ether oxygens (including phenoxy) is 1. The Labute approximate surface area is 99.3 Å². The van der Waals surface area contributed by atoms with E-state index in [1.165, 1.54) is 45.1 Å². The number of hydrogen-bond acceptors (Lipinski definition) is 3. The van der Waals surface area contributed by atoms with Crippen LogP contribution in [0.2, 0.25) is 0 Å². The van der Waals surface area contributed by atoms with Crippen molar-refractivity contribution in [3.05, 3.63) is 0 Å². The lowest BCUT2D eigenvalue weighted by Gasteiger charge is -2.38. The molecular formula is C13H26N2O. The van der Waals surface area contributed by atoms with E-state index in [0.717, 1.165) is 19.1 Å². The van der Waals surface area contributed by atoms with E-state index in [0.29, 0.717) is 12.1 Å². The van der Waals surface area contributed by atoms with Crippen LogP contribution in [0.5, 0.6) is 0 Å². The molecule has 0 amide bonds. The first-order valence-corrected chi connectivity index (χ1v) is 6.81. The number of rotatable bonds is 3. The predicted octanol–water partition coefficient (Wildman–Crippen LogP) is 1.61. The molecule has 3 unspecified atom stereocenters. The summed E-state index contributed by atoms with van der Waals surface area (Å²) in [6.45, 7) is 3.08. The molecule has 2 aliphatic rings. The molecule has 2 fully saturated rings. The average Bonchev–Trinajstić information content (AvgIpc) is 2.31. The minimum absolute atomic E-state index is 0.392. The number of hydrogen-bond donors (Lipinski definition) is 1. The SMILES string of the molecule is CN(CC1CCCOC1)C1CCCCC1N. The van der Waals surface area contributed by atoms with Crippen LogP contribution in [0.4, 0.5) is 0 Å². The second-order valence-corrected chi connectivity index (χ2v) is 5.54. The van der Waals surface area contributed by atoms with E-state index < -0.39 is 0 Å². The van der Waals surface area contributed by atoms with Gasteiger partial charge in [-0.15, -0.1) is 0 Å². The van der Waals surface area contributed by atoms with E-state index in [1.54, 1.807) is 0 Å². The molecule has 3 nitrogen and oxygen atoms in total. The van der Waals surface area contributed by atoms with Crippen LogP contribution in [-0.2, 0) is 4.74 Å². The fraction of sp³-hybridized carbons (Fsp3) is 1.00. The smallest absolute Gasteiger partial charge is 0.0506 e. The molecule has 0 bridgehead atoms. The van der Waals surface area contributed by atoms with E-state index in [9.17, 15) is 0 Å². The van der Waals surface area contributed by atoms with Gasteiger partial charge in [0, 0.05) is 25.2 Å². The van der Waals surface area contributed by atoms with Gasteiger partial charge in [0.05, 0.1) is 6.61 Å². The van der Waals surface area contributed by atoms with Crippen molar-refractivity contribution in [1.29, 1.82) is 0 Å². The Balaban J connectivity index is 1.78. The molecule has 1 saturated carbocycles. The molecule has 0 radical (unpaired) electrons. The lowest BCUT2D eigenvalue weighted by atomic mass is 9.89. The minimum atomic E-state index is 0.392. The van der Waals surface area contributed by atoms with Gasteiger partial charge in [-0.25, -0.2) is 0 Å². The van der Waals surface area contributed by atoms with Gasteiger partial charge in [0.2, 0.25) is 0 Å². The molecule has 0 aromatic heterocycles. The summed E-state index contributed by atoms with van der Waals surface area (Å²) in [6, 6.07) is 0.999. The first-order valence-electron chi connectivity index (χ1n) is 6.81. The lowest BCUT2D eigenvalue weighted by Crippen LogP contribution is -2.49. The number of likely N-dealkylation sites (N-methyl/N-ethyl adjacent to an activating group) is 1. The van der Waals surface area contributed by atoms with Gasteiger partial charge in [0.15, 0.2) is 0 Å². The van der Waals surface area contributed by atoms with Crippen molar-refractivity contribution in [2.45, 2.75) is 50.6 Å². The number of nitrogens with two attached hydrogens (primary N) is 1. The molecule has 16 heavy (non-hydrogen) atoms. The van der Waals surface area contributed by atoms with Crippen LogP contribution in [0, 0.1) is 5.92 Å². The second kappa shape index (κ2) is 5.99. The fourth-order valence-electron chi connectivity index (χ4n) is 3.18. The first kappa shape index (κ1) is 12.3. The monoisotopic (exact) mass is 226 g/mol. The van der Waals surface area contributed by atoms with Gasteiger partial charge in [-0.2, -0.15) is 0 Å². The molecule has 1 aliphatic carbocycles. The van der Waals surface area contributed by atoms with E-state index in [4.69, 9.17) is 10.5 Å². The average molecular weight is 226 g/mol. The van der Waals surface area contributed by atoms with Gasteiger partial charge in [-0.3, -0.25) is 0 Å². The minimum Gasteiger partial charge on any atom is -0.381 e. The maximum Gasteiger partial charge on any atom is 0.0506 e. The Morgan fingerprint density at radius 3 is 2.69 bits per heavy atom. The van der Waals surface area contributed by atoms with Crippen molar-refractivity contribution in [3.8, 4) is 0 Å². The van der Waals surface area contributed by atoms with Crippen molar-refractivity contribution < 1.29 is 4.74 Å². The van der Waals surface area contributed by atoms with Gasteiger partial charge in [0.25, 0.3) is 0 Å². The Hall–Kier alpha value is -0.120. The highest BCUT2D eigenvalue weighted by Gasteiger charge is 2.27. The van der Waals surface area contributed by atoms with E-state index >= 15 is 0 Å². The summed E-state index contributed by atoms with van der Waals surface area (Å²) >= 11 is 0. The number of nitrogens with zero attached hydrogens (tertiary/aromatic N) is 1. The Bertz CT molecular complexity index is 204. The molecule has 1 aliphatic heterocycles. The third-order valence-corrected chi connectivity index (χ3v) is 4.15. The van der Waals surface area contributed by atoms with Crippen LogP contribution in [0.3, 0.4) is 0 Å². The quantitative estimate of drug-likeness (QED) is 0.794. The summed E-state index contributed by atoms with van der Waals surface area (Å²) in [5.74, 6) is 0.730. The molecule has 3 heteroatoms. The van der Waals surface area contributed by atoms with Crippen LogP contribution >= 0.6 is 0 Å². The molecule has 1 saturated heterocycles. The van der Waals surface area contributed by atoms with Crippen molar-refractivity contribution in [3.63, 3.8) is 0 Å². The van der Waals surface area contributed by atoms with Crippen LogP contribution < -0.4 is 5.73 Å². The van der Waals surface area contributed by atoms with Crippen LogP contribution in [0.15, 0.2) is 0 Å². The zero-order chi connectivity index (χ0) is 11.4. The van der Waals surface area contributed by atoms with Crippen molar-refractivity contribution in [1.82, 2.24) is 4.90 Å². The summed E-state index contributed by atoms with van der Waals surface area (Å²) in [5.41, 5.74) is 6.21. The summed E-state index contributed by atoms with van der Waals surface area (Å²) < 4.78 is 5.54. The van der Waals surface area contributed by atoms with Gasteiger partial charge < -0.3 is 15.4 Å². The predicted molar refractivity (Wildman–Crippen MR) is 66.4 cm³/mol. The topological polar surface area (TPSA) is 38.5 Å². The molecular weight excluding hydrogens is 200 g/mol. The highest BCUT2D eigenvalue weighted by Crippen LogP contribution is 2.23. The lowest BCUT2D eigenvalue weighted by molar-refractivity contribution is 0.0311. The molecule has 2 N–H and O–H groups in total. The van der Waals surface area contributed by atoms with Crippen LogP contribution in [0.1, 0.15) is 38.5 Å². The van der Waals surface area contributed by atoms with Crippen LogP contribution in [-0.4, -0.2) is 43.8 Å². The van der Waals surface area contributed by atoms with Gasteiger partial charge in [-0.1, -0.05) is 12.8 Å².